The molecule has 1 radical (unpaired) electrons. The van der Waals surface area contributed by atoms with Gasteiger partial charge in [-0.25, -0.2) is 0 Å². The van der Waals surface area contributed by atoms with Crippen LogP contribution in [0.15, 0.2) is 126 Å². The smallest absolute Gasteiger partial charge is 0.137 e. The van der Waals surface area contributed by atoms with Crippen molar-refractivity contribution in [1.82, 2.24) is 14.5 Å². The number of hydrogen-bond acceptors (Lipinski definition) is 4. The number of aryl methyl sites for hydroxylation is 1. The molecule has 53 heavy (non-hydrogen) atoms. The van der Waals surface area contributed by atoms with Gasteiger partial charge in [-0.15, -0.1) is 47.3 Å². The Bertz CT molecular complexity index is 2820. The summed E-state index contributed by atoms with van der Waals surface area (Å²) < 4.78 is 32.8. The summed E-state index contributed by atoms with van der Waals surface area (Å²) in [5.41, 5.74) is 9.08. The molecule has 5 aromatic carbocycles. The number of furan rings is 1. The molecule has 7 heteroatoms. The fourth-order valence-corrected chi connectivity index (χ4v) is 9.34. The molecule has 0 amide bonds. The molecule has 0 saturated heterocycles. The van der Waals surface area contributed by atoms with E-state index in [1.165, 1.54) is 22.1 Å². The van der Waals surface area contributed by atoms with Crippen molar-refractivity contribution >= 4 is 67.7 Å². The molecule has 4 nitrogen and oxygen atoms in total. The Hall–Kier alpha value is -4.65. The van der Waals surface area contributed by atoms with Crippen LogP contribution in [0.1, 0.15) is 29.1 Å². The molecule has 0 unspecified atom stereocenters. The zero-order chi connectivity index (χ0) is 38.5. The van der Waals surface area contributed by atoms with Crippen LogP contribution in [0.3, 0.4) is 0 Å². The van der Waals surface area contributed by atoms with E-state index >= 15 is 0 Å². The maximum atomic E-state index is 7.86. The van der Waals surface area contributed by atoms with Crippen molar-refractivity contribution in [2.24, 2.45) is 5.92 Å². The van der Waals surface area contributed by atoms with Gasteiger partial charge in [0.25, 0.3) is 0 Å². The number of nitrogens with zero attached hydrogens (tertiary/aromatic N) is 3. The van der Waals surface area contributed by atoms with Crippen molar-refractivity contribution in [3.63, 3.8) is 0 Å². The summed E-state index contributed by atoms with van der Waals surface area (Å²) >= 11 is 1.47. The quantitative estimate of drug-likeness (QED) is 0.123. The van der Waals surface area contributed by atoms with Gasteiger partial charge in [0.1, 0.15) is 11.2 Å². The molecule has 0 aliphatic carbocycles. The summed E-state index contributed by atoms with van der Waals surface area (Å²) in [6.45, 7) is 9.55. The Labute approximate surface area is 334 Å². The number of pyridine rings is 1. The predicted octanol–water partition coefficient (Wildman–Crippen LogP) is 12.2. The summed E-state index contributed by atoms with van der Waals surface area (Å²) in [7, 11) is -1.34. The van der Waals surface area contributed by atoms with Crippen molar-refractivity contribution in [2.75, 3.05) is 0 Å². The summed E-state index contributed by atoms with van der Waals surface area (Å²) in [5.74, 6) is 1.38. The van der Waals surface area contributed by atoms with E-state index in [0.29, 0.717) is 11.5 Å². The second-order valence-electron chi connectivity index (χ2n) is 14.7. The van der Waals surface area contributed by atoms with Crippen molar-refractivity contribution in [3.05, 3.63) is 144 Å². The Balaban J connectivity index is 0.000000197. The van der Waals surface area contributed by atoms with Gasteiger partial charge in [-0.3, -0.25) is 16.3 Å². The van der Waals surface area contributed by atoms with E-state index in [2.05, 4.69) is 91.0 Å². The van der Waals surface area contributed by atoms with Crippen LogP contribution >= 0.6 is 11.3 Å². The summed E-state index contributed by atoms with van der Waals surface area (Å²) in [6, 6.07) is 41.1. The van der Waals surface area contributed by atoms with E-state index in [-0.39, 0.29) is 20.1 Å². The van der Waals surface area contributed by atoms with Crippen LogP contribution in [0.25, 0.3) is 71.4 Å². The third-order valence-electron chi connectivity index (χ3n) is 9.33. The van der Waals surface area contributed by atoms with Gasteiger partial charge in [0.2, 0.25) is 0 Å². The normalized spacial score (nSPS) is 12.8. The van der Waals surface area contributed by atoms with E-state index in [9.17, 15) is 0 Å². The molecular weight excluding hydrogens is 863 g/mol. The summed E-state index contributed by atoms with van der Waals surface area (Å²) in [5, 5.41) is 7.86. The van der Waals surface area contributed by atoms with Gasteiger partial charge in [0.15, 0.2) is 0 Å². The summed E-state index contributed by atoms with van der Waals surface area (Å²) in [4.78, 5) is 9.65. The van der Waals surface area contributed by atoms with Crippen molar-refractivity contribution < 1.29 is 28.6 Å². The Morgan fingerprint density at radius 3 is 2.43 bits per heavy atom. The Kier molecular flexibility index (Phi) is 9.33. The Morgan fingerprint density at radius 1 is 0.849 bits per heavy atom. The minimum absolute atomic E-state index is 0. The fraction of sp³-hybridized carbons (Fsp3) is 0.174. The van der Waals surface area contributed by atoms with E-state index in [0.717, 1.165) is 77.8 Å². The molecule has 267 valence electrons. The van der Waals surface area contributed by atoms with E-state index in [1.807, 2.05) is 72.8 Å². The first kappa shape index (κ1) is 33.0. The Morgan fingerprint density at radius 2 is 1.64 bits per heavy atom. The third-order valence-corrected chi connectivity index (χ3v) is 12.3. The van der Waals surface area contributed by atoms with Crippen LogP contribution in [0, 0.1) is 24.2 Å². The average molecular weight is 907 g/mol. The van der Waals surface area contributed by atoms with Crippen LogP contribution in [0.2, 0.25) is 19.6 Å². The molecule has 9 aromatic rings. The maximum Gasteiger partial charge on any atom is 0.137 e. The maximum absolute atomic E-state index is 7.86. The second kappa shape index (κ2) is 15.0. The van der Waals surface area contributed by atoms with Gasteiger partial charge in [0.05, 0.1) is 24.9 Å². The molecular formula is C46H41IrN3OSSi-2. The van der Waals surface area contributed by atoms with Crippen LogP contribution < -0.4 is 5.19 Å². The molecule has 4 aromatic heterocycles. The monoisotopic (exact) mass is 907 g/mol. The van der Waals surface area contributed by atoms with E-state index in [4.69, 9.17) is 13.5 Å². The van der Waals surface area contributed by atoms with Crippen LogP contribution in [0.4, 0.5) is 0 Å². The molecule has 0 aliphatic rings. The molecule has 4 heterocycles. The number of thiophene rings is 1. The van der Waals surface area contributed by atoms with Gasteiger partial charge in [0, 0.05) is 52.9 Å². The SMILES string of the molecule is CC(C)Cc1cc(-c2[c-]cccc2)ncc1[Si](C)(C)C.[2H]C([2H])([2H])c1ccc2s[c-]c(-c3nc4ccccc4n3-c3ccc4c(c3)oc3ccccc34)c2c1.[Ir]. The number of aromatic nitrogens is 3. The minimum atomic E-state index is -2.18. The van der Waals surface area contributed by atoms with Crippen LogP contribution in [-0.4, -0.2) is 22.6 Å². The number of benzene rings is 5. The average Bonchev–Trinajstić information content (AvgIpc) is 3.87. The van der Waals surface area contributed by atoms with E-state index in [1.54, 1.807) is 12.1 Å². The zero-order valence-corrected chi connectivity index (χ0v) is 34.5. The number of imidazole rings is 1. The number of fused-ring (bicyclic) bond motifs is 5. The molecule has 0 aliphatic heterocycles. The molecule has 0 atom stereocenters. The number of hydrogen-bond donors (Lipinski definition) is 0. The largest absolute Gasteiger partial charge is 0.456 e. The topological polar surface area (TPSA) is 43.9 Å². The number of rotatable bonds is 6. The summed E-state index contributed by atoms with van der Waals surface area (Å²) in [6.07, 6.45) is 3.24. The van der Waals surface area contributed by atoms with Gasteiger partial charge < -0.3 is 14.0 Å². The van der Waals surface area contributed by atoms with Crippen molar-refractivity contribution in [3.8, 4) is 28.3 Å². The van der Waals surface area contributed by atoms with Crippen molar-refractivity contribution in [1.29, 1.82) is 0 Å². The van der Waals surface area contributed by atoms with Crippen LogP contribution in [-0.2, 0) is 26.5 Å². The molecule has 9 rings (SSSR count). The fourth-order valence-electron chi connectivity index (χ4n) is 6.93. The third kappa shape index (κ3) is 7.32. The van der Waals surface area contributed by atoms with Gasteiger partial charge in [-0.1, -0.05) is 109 Å². The second-order valence-corrected chi connectivity index (χ2v) is 20.6. The zero-order valence-electron chi connectivity index (χ0n) is 33.3. The van der Waals surface area contributed by atoms with Gasteiger partial charge in [-0.05, 0) is 60.4 Å². The van der Waals surface area contributed by atoms with Crippen molar-refractivity contribution in [2.45, 2.75) is 46.8 Å². The van der Waals surface area contributed by atoms with Crippen LogP contribution in [0.5, 0.6) is 0 Å². The van der Waals surface area contributed by atoms with Gasteiger partial charge in [-0.2, -0.15) is 0 Å². The first-order valence-electron chi connectivity index (χ1n) is 19.2. The molecule has 0 bridgehead atoms. The molecule has 0 fully saturated rings. The standard InChI is InChI=1S/C28H17N2OS.C18H24NSi.Ir/c1-17-10-13-27-21(14-17)22(16-32-27)28-29-23-7-3-4-8-24(23)30(28)18-11-12-20-19-6-2-5-9-25(19)31-26(20)15-18;1-14(2)11-16-12-17(15-9-7-6-8-10-15)19-13-18(16)20(3,4)5;/h2-15H,1H3;6-9,12-14H,11H2,1-5H3;/q2*-1;/i1D3;;. The molecule has 0 N–H and O–H groups in total. The van der Waals surface area contributed by atoms with E-state index < -0.39 is 14.9 Å². The van der Waals surface area contributed by atoms with Gasteiger partial charge >= 0.3 is 0 Å². The first-order valence-corrected chi connectivity index (χ1v) is 22.0. The molecule has 0 saturated carbocycles. The minimum Gasteiger partial charge on any atom is -0.456 e. The number of para-hydroxylation sites is 3. The molecule has 0 spiro atoms. The predicted molar refractivity (Wildman–Crippen MR) is 223 cm³/mol. The first-order chi connectivity index (χ1) is 26.3.